The second-order valence-corrected chi connectivity index (χ2v) is 3.89. The van der Waals surface area contributed by atoms with Gasteiger partial charge in [0.25, 0.3) is 0 Å². The van der Waals surface area contributed by atoms with Crippen molar-refractivity contribution >= 4 is 17.5 Å². The molecule has 1 aromatic rings. The van der Waals surface area contributed by atoms with Crippen molar-refractivity contribution in [3.8, 4) is 5.75 Å². The summed E-state index contributed by atoms with van der Waals surface area (Å²) < 4.78 is 9.88. The first-order chi connectivity index (χ1) is 9.02. The van der Waals surface area contributed by atoms with Crippen LogP contribution in [0.4, 0.5) is 0 Å². The van der Waals surface area contributed by atoms with E-state index < -0.39 is 5.97 Å². The fourth-order valence-corrected chi connectivity index (χ4v) is 1.39. The van der Waals surface area contributed by atoms with E-state index in [0.717, 1.165) is 0 Å². The molecule has 0 fully saturated rings. The van der Waals surface area contributed by atoms with Gasteiger partial charge in [0.15, 0.2) is 11.6 Å². The standard InChI is InChI=1S/C14H16O5/c1-3-18-14(17)8-12(16)9-19-13-6-4-5-11(7-13)10(2)15/h4-7H,3,8-9H2,1-2H3. The highest BCUT2D eigenvalue weighted by molar-refractivity contribution is 5.96. The largest absolute Gasteiger partial charge is 0.486 e. The molecule has 0 unspecified atom stereocenters. The minimum absolute atomic E-state index is 0.0803. The first-order valence-electron chi connectivity index (χ1n) is 5.94. The summed E-state index contributed by atoms with van der Waals surface area (Å²) in [5.41, 5.74) is 0.510. The highest BCUT2D eigenvalue weighted by atomic mass is 16.5. The fraction of sp³-hybridized carbons (Fsp3) is 0.357. The highest BCUT2D eigenvalue weighted by Gasteiger charge is 2.11. The summed E-state index contributed by atoms with van der Waals surface area (Å²) in [6.45, 7) is 3.14. The van der Waals surface area contributed by atoms with Gasteiger partial charge in [0.05, 0.1) is 6.61 Å². The van der Waals surface area contributed by atoms with E-state index in [-0.39, 0.29) is 31.2 Å². The maximum atomic E-state index is 11.4. The van der Waals surface area contributed by atoms with Crippen molar-refractivity contribution in [1.82, 2.24) is 0 Å². The van der Waals surface area contributed by atoms with Crippen molar-refractivity contribution in [1.29, 1.82) is 0 Å². The predicted molar refractivity (Wildman–Crippen MR) is 68.2 cm³/mol. The van der Waals surface area contributed by atoms with Gasteiger partial charge in [0.1, 0.15) is 18.8 Å². The minimum Gasteiger partial charge on any atom is -0.486 e. The average molecular weight is 264 g/mol. The van der Waals surface area contributed by atoms with Crippen LogP contribution >= 0.6 is 0 Å². The van der Waals surface area contributed by atoms with E-state index in [4.69, 9.17) is 4.74 Å². The molecule has 0 N–H and O–H groups in total. The summed E-state index contributed by atoms with van der Waals surface area (Å²) >= 11 is 0. The van der Waals surface area contributed by atoms with Crippen LogP contribution in [0.25, 0.3) is 0 Å². The molecule has 0 amide bonds. The number of ketones is 2. The van der Waals surface area contributed by atoms with Gasteiger partial charge >= 0.3 is 5.97 Å². The molecule has 0 aliphatic carbocycles. The van der Waals surface area contributed by atoms with E-state index in [9.17, 15) is 14.4 Å². The van der Waals surface area contributed by atoms with E-state index in [1.165, 1.54) is 6.92 Å². The van der Waals surface area contributed by atoms with E-state index in [1.54, 1.807) is 31.2 Å². The SMILES string of the molecule is CCOC(=O)CC(=O)COc1cccc(C(C)=O)c1. The van der Waals surface area contributed by atoms with Crippen LogP contribution < -0.4 is 4.74 Å². The average Bonchev–Trinajstić information content (AvgIpc) is 2.37. The molecule has 0 spiro atoms. The predicted octanol–water partition coefficient (Wildman–Crippen LogP) is 1.79. The molecule has 0 bridgehead atoms. The van der Waals surface area contributed by atoms with E-state index in [1.807, 2.05) is 0 Å². The van der Waals surface area contributed by atoms with Crippen molar-refractivity contribution in [2.45, 2.75) is 20.3 Å². The molecule has 1 aromatic carbocycles. The summed E-state index contributed by atoms with van der Waals surface area (Å²) in [7, 11) is 0. The molecule has 5 heteroatoms. The normalized spacial score (nSPS) is 9.79. The first kappa shape index (κ1) is 14.9. The first-order valence-corrected chi connectivity index (χ1v) is 5.94. The number of Topliss-reactive ketones (excluding diaryl/α,β-unsaturated/α-hetero) is 2. The number of carbonyl (C=O) groups is 3. The molecule has 0 atom stereocenters. The molecule has 19 heavy (non-hydrogen) atoms. The summed E-state index contributed by atoms with van der Waals surface area (Å²) in [5.74, 6) is -0.589. The molecule has 0 heterocycles. The highest BCUT2D eigenvalue weighted by Crippen LogP contribution is 2.13. The van der Waals surface area contributed by atoms with Crippen LogP contribution in [0, 0.1) is 0 Å². The Hall–Kier alpha value is -2.17. The molecule has 0 aliphatic rings. The maximum absolute atomic E-state index is 11.4. The van der Waals surface area contributed by atoms with E-state index in [2.05, 4.69) is 4.74 Å². The quantitative estimate of drug-likeness (QED) is 0.426. The Bertz CT molecular complexity index is 478. The number of benzene rings is 1. The molecular formula is C14H16O5. The van der Waals surface area contributed by atoms with Gasteiger partial charge in [-0.25, -0.2) is 0 Å². The molecule has 0 saturated heterocycles. The Balaban J connectivity index is 2.48. The van der Waals surface area contributed by atoms with Crippen molar-refractivity contribution in [2.75, 3.05) is 13.2 Å². The second-order valence-electron chi connectivity index (χ2n) is 3.89. The van der Waals surface area contributed by atoms with Crippen LogP contribution in [0.1, 0.15) is 30.6 Å². The molecule has 5 nitrogen and oxygen atoms in total. The number of carbonyl (C=O) groups excluding carboxylic acids is 3. The van der Waals surface area contributed by atoms with E-state index >= 15 is 0 Å². The van der Waals surface area contributed by atoms with Crippen LogP contribution in [-0.2, 0) is 14.3 Å². The summed E-state index contributed by atoms with van der Waals surface area (Å²) in [6, 6.07) is 6.53. The zero-order valence-electron chi connectivity index (χ0n) is 11.0. The topological polar surface area (TPSA) is 69.7 Å². The van der Waals surface area contributed by atoms with Gasteiger partial charge in [-0.05, 0) is 26.0 Å². The van der Waals surface area contributed by atoms with Crippen molar-refractivity contribution in [3.63, 3.8) is 0 Å². The molecule has 0 aromatic heterocycles. The lowest BCUT2D eigenvalue weighted by molar-refractivity contribution is -0.145. The Kier molecular flexibility index (Phi) is 5.73. The summed E-state index contributed by atoms with van der Waals surface area (Å²) in [5, 5.41) is 0. The zero-order valence-corrected chi connectivity index (χ0v) is 11.0. The number of rotatable bonds is 7. The molecule has 0 aliphatic heterocycles. The third kappa shape index (κ3) is 5.33. The van der Waals surface area contributed by atoms with E-state index in [0.29, 0.717) is 11.3 Å². The van der Waals surface area contributed by atoms with Gasteiger partial charge in [-0.15, -0.1) is 0 Å². The third-order valence-electron chi connectivity index (χ3n) is 2.29. The zero-order chi connectivity index (χ0) is 14.3. The second kappa shape index (κ2) is 7.31. The number of hydrogen-bond acceptors (Lipinski definition) is 5. The third-order valence-corrected chi connectivity index (χ3v) is 2.29. The van der Waals surface area contributed by atoms with Gasteiger partial charge in [-0.2, -0.15) is 0 Å². The van der Waals surface area contributed by atoms with Gasteiger partial charge in [0, 0.05) is 5.56 Å². The lowest BCUT2D eigenvalue weighted by Gasteiger charge is -2.06. The maximum Gasteiger partial charge on any atom is 0.313 e. The van der Waals surface area contributed by atoms with Crippen LogP contribution in [0.3, 0.4) is 0 Å². The fourth-order valence-electron chi connectivity index (χ4n) is 1.39. The van der Waals surface area contributed by atoms with Crippen molar-refractivity contribution in [2.24, 2.45) is 0 Å². The molecule has 0 saturated carbocycles. The monoisotopic (exact) mass is 264 g/mol. The summed E-state index contributed by atoms with van der Waals surface area (Å²) in [4.78, 5) is 33.7. The summed E-state index contributed by atoms with van der Waals surface area (Å²) in [6.07, 6.45) is -0.305. The Morgan fingerprint density at radius 2 is 1.95 bits per heavy atom. The number of ether oxygens (including phenoxy) is 2. The van der Waals surface area contributed by atoms with Crippen LogP contribution in [0.2, 0.25) is 0 Å². The minimum atomic E-state index is -0.561. The van der Waals surface area contributed by atoms with Gasteiger partial charge < -0.3 is 9.47 Å². The Morgan fingerprint density at radius 3 is 2.58 bits per heavy atom. The molecule has 0 radical (unpaired) electrons. The number of esters is 1. The molecule has 102 valence electrons. The van der Waals surface area contributed by atoms with Gasteiger partial charge in [0.2, 0.25) is 0 Å². The van der Waals surface area contributed by atoms with Gasteiger partial charge in [-0.3, -0.25) is 14.4 Å². The van der Waals surface area contributed by atoms with Gasteiger partial charge in [-0.1, -0.05) is 12.1 Å². The molecular weight excluding hydrogens is 248 g/mol. The lowest BCUT2D eigenvalue weighted by atomic mass is 10.1. The Morgan fingerprint density at radius 1 is 1.21 bits per heavy atom. The van der Waals surface area contributed by atoms with Crippen molar-refractivity contribution < 1.29 is 23.9 Å². The number of hydrogen-bond donors (Lipinski definition) is 0. The van der Waals surface area contributed by atoms with Crippen LogP contribution in [-0.4, -0.2) is 30.7 Å². The van der Waals surface area contributed by atoms with Crippen LogP contribution in [0.15, 0.2) is 24.3 Å². The lowest BCUT2D eigenvalue weighted by Crippen LogP contribution is -2.17. The Labute approximate surface area is 111 Å². The molecule has 1 rings (SSSR count). The smallest absolute Gasteiger partial charge is 0.313 e. The van der Waals surface area contributed by atoms with Crippen LogP contribution in [0.5, 0.6) is 5.75 Å². The van der Waals surface area contributed by atoms with Crippen molar-refractivity contribution in [3.05, 3.63) is 29.8 Å².